The lowest BCUT2D eigenvalue weighted by Crippen LogP contribution is -1.83. The third kappa shape index (κ3) is 1.55. The molecule has 10 heavy (non-hydrogen) atoms. The monoisotopic (exact) mass is 219 g/mol. The van der Waals surface area contributed by atoms with Crippen LogP contribution in [0.1, 0.15) is 10.4 Å². The van der Waals surface area contributed by atoms with Crippen LogP contribution in [0.3, 0.4) is 0 Å². The number of rotatable bonds is 1. The molecule has 0 N–H and O–H groups in total. The Morgan fingerprint density at radius 2 is 2.40 bits per heavy atom. The summed E-state index contributed by atoms with van der Waals surface area (Å²) in [7, 11) is 0. The molecule has 2 nitrogen and oxygen atoms in total. The van der Waals surface area contributed by atoms with E-state index in [0.29, 0.717) is 21.5 Å². The van der Waals surface area contributed by atoms with Gasteiger partial charge in [0.05, 0.1) is 5.02 Å². The molecule has 0 unspecified atom stereocenters. The van der Waals surface area contributed by atoms with E-state index < -0.39 is 0 Å². The molecular formula is C6H3BrClNO. The third-order valence-corrected chi connectivity index (χ3v) is 2.10. The highest BCUT2D eigenvalue weighted by atomic mass is 79.9. The van der Waals surface area contributed by atoms with E-state index in [1.165, 1.54) is 6.20 Å². The van der Waals surface area contributed by atoms with Gasteiger partial charge in [-0.15, -0.1) is 0 Å². The lowest BCUT2D eigenvalue weighted by atomic mass is 10.3. The SMILES string of the molecule is O=Cc1cnc(Br)c(Cl)c1. The zero-order valence-electron chi connectivity index (χ0n) is 4.84. The summed E-state index contributed by atoms with van der Waals surface area (Å²) in [5, 5.41) is 0.449. The zero-order chi connectivity index (χ0) is 7.56. The number of aromatic nitrogens is 1. The summed E-state index contributed by atoms with van der Waals surface area (Å²) >= 11 is 8.72. The number of hydrogen-bond acceptors (Lipinski definition) is 2. The minimum atomic E-state index is 0.449. The maximum Gasteiger partial charge on any atom is 0.151 e. The number of pyridine rings is 1. The van der Waals surface area contributed by atoms with Crippen molar-refractivity contribution < 1.29 is 4.79 Å². The Kier molecular flexibility index (Phi) is 2.40. The van der Waals surface area contributed by atoms with Gasteiger partial charge in [0, 0.05) is 11.8 Å². The van der Waals surface area contributed by atoms with Gasteiger partial charge < -0.3 is 0 Å². The average Bonchev–Trinajstić information content (AvgIpc) is 1.95. The second-order valence-electron chi connectivity index (χ2n) is 1.66. The zero-order valence-corrected chi connectivity index (χ0v) is 7.19. The summed E-state index contributed by atoms with van der Waals surface area (Å²) < 4.78 is 0.555. The van der Waals surface area contributed by atoms with Crippen molar-refractivity contribution >= 4 is 33.8 Å². The molecule has 0 atom stereocenters. The Hall–Kier alpha value is -0.410. The maximum atomic E-state index is 10.2. The predicted octanol–water partition coefficient (Wildman–Crippen LogP) is 2.31. The molecule has 1 aromatic rings. The molecule has 0 saturated carbocycles. The van der Waals surface area contributed by atoms with Crippen LogP contribution in [0.2, 0.25) is 5.02 Å². The fraction of sp³-hybridized carbons (Fsp3) is 0. The van der Waals surface area contributed by atoms with E-state index in [0.717, 1.165) is 0 Å². The van der Waals surface area contributed by atoms with E-state index in [-0.39, 0.29) is 0 Å². The molecule has 0 fully saturated rings. The summed E-state index contributed by atoms with van der Waals surface area (Å²) in [5.41, 5.74) is 0.480. The van der Waals surface area contributed by atoms with Gasteiger partial charge >= 0.3 is 0 Å². The van der Waals surface area contributed by atoms with Gasteiger partial charge in [-0.2, -0.15) is 0 Å². The summed E-state index contributed by atoms with van der Waals surface area (Å²) in [6.45, 7) is 0. The molecule has 0 aliphatic carbocycles. The van der Waals surface area contributed by atoms with E-state index in [1.807, 2.05) is 0 Å². The molecule has 4 heteroatoms. The Morgan fingerprint density at radius 3 is 2.90 bits per heavy atom. The molecule has 1 rings (SSSR count). The molecule has 52 valence electrons. The summed E-state index contributed by atoms with van der Waals surface area (Å²) in [6.07, 6.45) is 2.15. The average molecular weight is 220 g/mol. The molecule has 0 aromatic carbocycles. The van der Waals surface area contributed by atoms with Gasteiger partial charge in [0.15, 0.2) is 6.29 Å². The summed E-state index contributed by atoms with van der Waals surface area (Å²) in [4.78, 5) is 14.0. The standard InChI is InChI=1S/C6H3BrClNO/c7-6-5(8)1-4(3-10)2-9-6/h1-3H. The Labute approximate surface area is 71.3 Å². The van der Waals surface area contributed by atoms with Crippen LogP contribution in [-0.2, 0) is 0 Å². The minimum Gasteiger partial charge on any atom is -0.298 e. The van der Waals surface area contributed by atoms with Gasteiger partial charge in [0.25, 0.3) is 0 Å². The molecular weight excluding hydrogens is 217 g/mol. The maximum absolute atomic E-state index is 10.2. The van der Waals surface area contributed by atoms with Gasteiger partial charge in [0.2, 0.25) is 0 Å². The molecule has 0 radical (unpaired) electrons. The minimum absolute atomic E-state index is 0.449. The highest BCUT2D eigenvalue weighted by molar-refractivity contribution is 9.10. The smallest absolute Gasteiger partial charge is 0.151 e. The van der Waals surface area contributed by atoms with E-state index in [9.17, 15) is 4.79 Å². The normalized spacial score (nSPS) is 9.40. The fourth-order valence-corrected chi connectivity index (χ4v) is 0.892. The van der Waals surface area contributed by atoms with E-state index in [1.54, 1.807) is 6.07 Å². The van der Waals surface area contributed by atoms with Crippen molar-refractivity contribution in [2.45, 2.75) is 0 Å². The second kappa shape index (κ2) is 3.12. The van der Waals surface area contributed by atoms with Gasteiger partial charge in [-0.3, -0.25) is 4.79 Å². The van der Waals surface area contributed by atoms with Crippen molar-refractivity contribution in [1.82, 2.24) is 4.98 Å². The molecule has 1 aromatic heterocycles. The van der Waals surface area contributed by atoms with Crippen LogP contribution in [0.5, 0.6) is 0 Å². The molecule has 0 aliphatic rings. The van der Waals surface area contributed by atoms with Crippen LogP contribution in [-0.4, -0.2) is 11.3 Å². The van der Waals surface area contributed by atoms with Crippen LogP contribution in [0.4, 0.5) is 0 Å². The van der Waals surface area contributed by atoms with Crippen molar-refractivity contribution in [2.24, 2.45) is 0 Å². The van der Waals surface area contributed by atoms with Gasteiger partial charge in [-0.1, -0.05) is 11.6 Å². The first-order chi connectivity index (χ1) is 4.74. The second-order valence-corrected chi connectivity index (χ2v) is 2.82. The first-order valence-electron chi connectivity index (χ1n) is 2.50. The number of carbonyl (C=O) groups is 1. The van der Waals surface area contributed by atoms with Gasteiger partial charge in [-0.25, -0.2) is 4.98 Å². The van der Waals surface area contributed by atoms with Crippen molar-refractivity contribution in [3.8, 4) is 0 Å². The quantitative estimate of drug-likeness (QED) is 0.537. The van der Waals surface area contributed by atoms with Crippen molar-refractivity contribution in [2.75, 3.05) is 0 Å². The first-order valence-corrected chi connectivity index (χ1v) is 3.67. The van der Waals surface area contributed by atoms with Crippen LogP contribution >= 0.6 is 27.5 Å². The van der Waals surface area contributed by atoms with Gasteiger partial charge in [0.1, 0.15) is 4.60 Å². The number of nitrogens with zero attached hydrogens (tertiary/aromatic N) is 1. The Bertz CT molecular complexity index is 264. The van der Waals surface area contributed by atoms with E-state index in [2.05, 4.69) is 20.9 Å². The fourth-order valence-electron chi connectivity index (χ4n) is 0.500. The van der Waals surface area contributed by atoms with Crippen LogP contribution in [0, 0.1) is 0 Å². The highest BCUT2D eigenvalue weighted by Gasteiger charge is 1.97. The number of aldehydes is 1. The first kappa shape index (κ1) is 7.69. The molecule has 1 heterocycles. The highest BCUT2D eigenvalue weighted by Crippen LogP contribution is 2.19. The van der Waals surface area contributed by atoms with E-state index in [4.69, 9.17) is 11.6 Å². The van der Waals surface area contributed by atoms with Crippen LogP contribution < -0.4 is 0 Å². The lowest BCUT2D eigenvalue weighted by Gasteiger charge is -1.93. The topological polar surface area (TPSA) is 30.0 Å². The largest absolute Gasteiger partial charge is 0.298 e. The molecule has 0 aliphatic heterocycles. The van der Waals surface area contributed by atoms with Crippen molar-refractivity contribution in [1.29, 1.82) is 0 Å². The van der Waals surface area contributed by atoms with Gasteiger partial charge in [-0.05, 0) is 22.0 Å². The molecule has 0 saturated heterocycles. The number of hydrogen-bond donors (Lipinski definition) is 0. The summed E-state index contributed by atoms with van der Waals surface area (Å²) in [6, 6.07) is 1.55. The number of halogens is 2. The molecule has 0 bridgehead atoms. The number of carbonyl (C=O) groups excluding carboxylic acids is 1. The van der Waals surface area contributed by atoms with Crippen LogP contribution in [0.25, 0.3) is 0 Å². The Morgan fingerprint density at radius 1 is 1.70 bits per heavy atom. The van der Waals surface area contributed by atoms with Crippen molar-refractivity contribution in [3.63, 3.8) is 0 Å². The van der Waals surface area contributed by atoms with Crippen molar-refractivity contribution in [3.05, 3.63) is 27.5 Å². The third-order valence-electron chi connectivity index (χ3n) is 0.954. The molecule has 0 spiro atoms. The lowest BCUT2D eigenvalue weighted by molar-refractivity contribution is 0.112. The summed E-state index contributed by atoms with van der Waals surface area (Å²) in [5.74, 6) is 0. The molecule has 0 amide bonds. The van der Waals surface area contributed by atoms with E-state index >= 15 is 0 Å². The van der Waals surface area contributed by atoms with Crippen LogP contribution in [0.15, 0.2) is 16.9 Å². The Balaban J connectivity index is 3.16. The predicted molar refractivity (Wildman–Crippen MR) is 42.3 cm³/mol.